The van der Waals surface area contributed by atoms with Crippen molar-refractivity contribution in [3.63, 3.8) is 0 Å². The number of anilines is 6. The molecule has 3 aliphatic rings. The van der Waals surface area contributed by atoms with Crippen molar-refractivity contribution in [2.24, 2.45) is 0 Å². The summed E-state index contributed by atoms with van der Waals surface area (Å²) >= 11 is 1.90. The van der Waals surface area contributed by atoms with Crippen LogP contribution in [-0.2, 0) is 0 Å². The van der Waals surface area contributed by atoms with Gasteiger partial charge in [-0.15, -0.1) is 0 Å². The van der Waals surface area contributed by atoms with Crippen LogP contribution in [-0.4, -0.2) is 21.5 Å². The van der Waals surface area contributed by atoms with Crippen molar-refractivity contribution in [3.8, 4) is 11.1 Å². The highest BCUT2D eigenvalue weighted by molar-refractivity contribution is 8.00. The topological polar surface area (TPSA) is 19.6 Å². The summed E-state index contributed by atoms with van der Waals surface area (Å²) in [5.74, 6) is 0. The number of hydrogen-bond acceptors (Lipinski definition) is 4. The summed E-state index contributed by atoms with van der Waals surface area (Å²) in [4.78, 5) is 7.76. The molecule has 386 valence electrons. The van der Waals surface area contributed by atoms with Gasteiger partial charge in [0.2, 0.25) is 13.4 Å². The third-order valence-corrected chi connectivity index (χ3v) is 23.7. The first-order chi connectivity index (χ1) is 40.4. The zero-order valence-electron chi connectivity index (χ0n) is 45.8. The Labute approximate surface area is 485 Å². The van der Waals surface area contributed by atoms with Gasteiger partial charge in [-0.05, 0) is 135 Å². The van der Waals surface area contributed by atoms with Crippen LogP contribution in [0.2, 0.25) is 0 Å². The fraction of sp³-hybridized carbons (Fsp3) is 0.0400. The van der Waals surface area contributed by atoms with E-state index in [2.05, 4.69) is 304 Å². The van der Waals surface area contributed by atoms with Crippen molar-refractivity contribution >= 4 is 143 Å². The molecule has 3 aliphatic heterocycles. The molecule has 0 N–H and O–H groups in total. The van der Waals surface area contributed by atoms with E-state index in [-0.39, 0.29) is 13.4 Å². The summed E-state index contributed by atoms with van der Waals surface area (Å²) in [6.07, 6.45) is 0. The van der Waals surface area contributed by atoms with E-state index in [1.807, 2.05) is 11.8 Å². The van der Waals surface area contributed by atoms with Crippen molar-refractivity contribution in [2.45, 2.75) is 30.6 Å². The summed E-state index contributed by atoms with van der Waals surface area (Å²) in [6.45, 7) is 6.74. The minimum Gasteiger partial charge on any atom is -0.454 e. The van der Waals surface area contributed by atoms with E-state index in [4.69, 9.17) is 4.42 Å². The third kappa shape index (κ3) is 7.39. The molecule has 1 aromatic heterocycles. The van der Waals surface area contributed by atoms with E-state index < -0.39 is 8.07 Å². The van der Waals surface area contributed by atoms with Crippen molar-refractivity contribution in [1.82, 2.24) is 0 Å². The fourth-order valence-corrected chi connectivity index (χ4v) is 20.5. The maximum Gasteiger partial charge on any atom is 0.249 e. The molecule has 0 bridgehead atoms. The van der Waals surface area contributed by atoms with Gasteiger partial charge in [0.1, 0.15) is 5.58 Å². The van der Waals surface area contributed by atoms with Crippen molar-refractivity contribution in [1.29, 1.82) is 0 Å². The number of fused-ring (bicyclic) bond motifs is 9. The van der Waals surface area contributed by atoms with Crippen LogP contribution in [0, 0.1) is 20.8 Å². The van der Waals surface area contributed by atoms with E-state index in [1.54, 1.807) is 0 Å². The van der Waals surface area contributed by atoms with Gasteiger partial charge in [0, 0.05) is 49.0 Å². The Morgan fingerprint density at radius 3 is 1.65 bits per heavy atom. The van der Waals surface area contributed by atoms with Crippen LogP contribution in [0.4, 0.5) is 34.1 Å². The zero-order valence-corrected chi connectivity index (χ0v) is 47.7. The van der Waals surface area contributed by atoms with Crippen molar-refractivity contribution < 1.29 is 4.42 Å². The molecule has 0 aliphatic carbocycles. The van der Waals surface area contributed by atoms with Gasteiger partial charge in [0.25, 0.3) is 0 Å². The standard InChI is InChI=1S/C75H54B2N2OSSi/c1-49-44-50(2)72(51(3)45-49)77-63-48-59(82(56-24-10-5-11-25-56,57-26-12-6-13-27-57)58-28-14-7-15-29-58)42-43-66(63)79-67-33-21-37-71-73(67)76(62-32-17-19-36-70(62)81-71)64-46-55(47-65(77)74(64)79)78(54-40-38-53(39-41-54)52-22-8-4-9-23-52)68-34-20-31-61-60-30-16-18-35-69(60)80-75(61)68/h4-48H,1-3H3. The lowest BCUT2D eigenvalue weighted by molar-refractivity contribution is 0.669. The van der Waals surface area contributed by atoms with E-state index in [1.165, 1.54) is 108 Å². The highest BCUT2D eigenvalue weighted by atomic mass is 32.2. The van der Waals surface area contributed by atoms with Gasteiger partial charge in [-0.25, -0.2) is 0 Å². The number of aryl methyl sites for hydroxylation is 3. The maximum absolute atomic E-state index is 7.04. The Hall–Kier alpha value is -9.26. The van der Waals surface area contributed by atoms with Gasteiger partial charge in [0.05, 0.1) is 5.69 Å². The fourth-order valence-electron chi connectivity index (χ4n) is 14.6. The molecule has 12 aromatic carbocycles. The Bertz CT molecular complexity index is 4550. The molecule has 82 heavy (non-hydrogen) atoms. The van der Waals surface area contributed by atoms with Gasteiger partial charge in [-0.1, -0.05) is 252 Å². The molecule has 16 rings (SSSR count). The molecule has 7 heteroatoms. The molecule has 0 atom stereocenters. The largest absolute Gasteiger partial charge is 0.454 e. The predicted molar refractivity (Wildman–Crippen MR) is 353 cm³/mol. The van der Waals surface area contributed by atoms with Gasteiger partial charge in [-0.2, -0.15) is 0 Å². The molecular weight excluding hydrogens is 1030 g/mol. The van der Waals surface area contributed by atoms with Crippen LogP contribution in [0.25, 0.3) is 33.1 Å². The summed E-state index contributed by atoms with van der Waals surface area (Å²) in [7, 11) is -3.00. The molecule has 0 saturated heterocycles. The molecule has 13 aromatic rings. The Morgan fingerprint density at radius 1 is 0.402 bits per heavy atom. The number of rotatable bonds is 9. The van der Waals surface area contributed by atoms with E-state index in [9.17, 15) is 0 Å². The lowest BCUT2D eigenvalue weighted by Crippen LogP contribution is -2.75. The van der Waals surface area contributed by atoms with E-state index in [0.29, 0.717) is 0 Å². The number of hydrogen-bond donors (Lipinski definition) is 0. The molecule has 4 heterocycles. The smallest absolute Gasteiger partial charge is 0.249 e. The molecule has 0 amide bonds. The second-order valence-electron chi connectivity index (χ2n) is 22.4. The molecule has 0 unspecified atom stereocenters. The molecule has 0 spiro atoms. The van der Waals surface area contributed by atoms with Crippen molar-refractivity contribution in [2.75, 3.05) is 9.80 Å². The Balaban J connectivity index is 1.04. The summed E-state index contributed by atoms with van der Waals surface area (Å²) in [5.41, 5.74) is 22.7. The molecule has 0 fully saturated rings. The van der Waals surface area contributed by atoms with Crippen molar-refractivity contribution in [3.05, 3.63) is 290 Å². The number of nitrogens with zero attached hydrogens (tertiary/aromatic N) is 2. The van der Waals surface area contributed by atoms with Crippen LogP contribution in [0.1, 0.15) is 16.7 Å². The third-order valence-electron chi connectivity index (χ3n) is 17.8. The SMILES string of the molecule is Cc1cc(C)c(B2c3cc([Si](c4ccccc4)(c4ccccc4)c4ccccc4)ccc3N3c4cccc5c4B(c4ccccc4S5)c4cc(N(c5ccc(-c6ccccc6)cc5)c5cccc6c5oc5ccccc56)cc2c43)c(C)c1. The maximum atomic E-state index is 7.04. The number of furan rings is 1. The van der Waals surface area contributed by atoms with Crippen LogP contribution < -0.4 is 63.3 Å². The van der Waals surface area contributed by atoms with Crippen LogP contribution in [0.15, 0.2) is 287 Å². The van der Waals surface area contributed by atoms with Gasteiger partial charge < -0.3 is 14.2 Å². The number of para-hydroxylation sites is 2. The van der Waals surface area contributed by atoms with Crippen LogP contribution >= 0.6 is 11.8 Å². The average molecular weight is 1080 g/mol. The second-order valence-corrected chi connectivity index (χ2v) is 27.3. The van der Waals surface area contributed by atoms with Crippen LogP contribution in [0.5, 0.6) is 0 Å². The second kappa shape index (κ2) is 19.2. The quantitative estimate of drug-likeness (QED) is 0.106. The minimum absolute atomic E-state index is 0.0334. The van der Waals surface area contributed by atoms with Gasteiger partial charge >= 0.3 is 0 Å². The van der Waals surface area contributed by atoms with E-state index >= 15 is 0 Å². The Morgan fingerprint density at radius 2 is 0.963 bits per heavy atom. The summed E-state index contributed by atoms with van der Waals surface area (Å²) in [6, 6.07) is 103. The van der Waals surface area contributed by atoms with Gasteiger partial charge in [-0.3, -0.25) is 0 Å². The van der Waals surface area contributed by atoms with Crippen LogP contribution in [0.3, 0.4) is 0 Å². The monoisotopic (exact) mass is 1080 g/mol. The summed E-state index contributed by atoms with van der Waals surface area (Å²) < 4.78 is 7.04. The molecular formula is C75H54B2N2OSSi. The molecule has 0 radical (unpaired) electrons. The minimum atomic E-state index is -3.00. The van der Waals surface area contributed by atoms with E-state index in [0.717, 1.165) is 39.0 Å². The highest BCUT2D eigenvalue weighted by Crippen LogP contribution is 2.46. The zero-order chi connectivity index (χ0) is 54.6. The predicted octanol–water partition coefficient (Wildman–Crippen LogP) is 12.6. The average Bonchev–Trinajstić information content (AvgIpc) is 1.68. The molecule has 3 nitrogen and oxygen atoms in total. The summed E-state index contributed by atoms with van der Waals surface area (Å²) in [5, 5.41) is 7.62. The Kier molecular flexibility index (Phi) is 11.4. The highest BCUT2D eigenvalue weighted by Gasteiger charge is 2.49. The first-order valence-corrected chi connectivity index (χ1v) is 31.4. The normalized spacial score (nSPS) is 12.9. The first kappa shape index (κ1) is 48.6. The first-order valence-electron chi connectivity index (χ1n) is 28.5. The lowest BCUT2D eigenvalue weighted by atomic mass is 9.30. The van der Waals surface area contributed by atoms with Gasteiger partial charge in [0.15, 0.2) is 13.7 Å². The molecule has 0 saturated carbocycles. The lowest BCUT2D eigenvalue weighted by Gasteiger charge is -2.47. The number of benzene rings is 12.